The Balaban J connectivity index is 1.89. The zero-order valence-electron chi connectivity index (χ0n) is 13.5. The van der Waals surface area contributed by atoms with E-state index < -0.39 is 28.7 Å². The molecule has 1 saturated carbocycles. The van der Waals surface area contributed by atoms with Crippen LogP contribution < -0.4 is 5.32 Å². The monoisotopic (exact) mass is 378 g/mol. The lowest BCUT2D eigenvalue weighted by Crippen LogP contribution is -2.57. The first-order chi connectivity index (χ1) is 12.3. The van der Waals surface area contributed by atoms with Gasteiger partial charge in [0.1, 0.15) is 5.54 Å². The molecule has 0 aliphatic heterocycles. The quantitative estimate of drug-likeness (QED) is 0.823. The van der Waals surface area contributed by atoms with Crippen LogP contribution in [-0.2, 0) is 6.18 Å². The van der Waals surface area contributed by atoms with Gasteiger partial charge in [0.2, 0.25) is 0 Å². The molecular weight excluding hydrogens is 365 g/mol. The van der Waals surface area contributed by atoms with Gasteiger partial charge in [-0.15, -0.1) is 0 Å². The van der Waals surface area contributed by atoms with Gasteiger partial charge in [0, 0.05) is 10.9 Å². The van der Waals surface area contributed by atoms with E-state index in [1.165, 1.54) is 12.1 Å². The van der Waals surface area contributed by atoms with Crippen molar-refractivity contribution < 1.29 is 18.0 Å². The summed E-state index contributed by atoms with van der Waals surface area (Å²) in [7, 11) is 0. The van der Waals surface area contributed by atoms with Gasteiger partial charge in [0.25, 0.3) is 5.91 Å². The molecule has 134 valence electrons. The van der Waals surface area contributed by atoms with Crippen LogP contribution in [0.1, 0.15) is 40.2 Å². The molecule has 0 saturated heterocycles. The number of carbonyl (C=O) groups excluding carboxylic acids is 1. The van der Waals surface area contributed by atoms with Gasteiger partial charge in [-0.25, -0.2) is 0 Å². The van der Waals surface area contributed by atoms with Gasteiger partial charge in [0.15, 0.2) is 0 Å². The Bertz CT molecular complexity index is 874. The normalized spacial score (nSPS) is 22.2. The predicted octanol–water partition coefficient (Wildman–Crippen LogP) is 4.93. The largest absolute Gasteiger partial charge is 0.417 e. The van der Waals surface area contributed by atoms with Gasteiger partial charge < -0.3 is 5.32 Å². The van der Waals surface area contributed by atoms with E-state index in [2.05, 4.69) is 11.4 Å². The molecule has 0 aromatic heterocycles. The van der Waals surface area contributed by atoms with E-state index >= 15 is 0 Å². The average Bonchev–Trinajstić information content (AvgIpc) is 2.59. The van der Waals surface area contributed by atoms with Crippen LogP contribution in [0.25, 0.3) is 0 Å². The SMILES string of the molecule is N#CC1(NC(=O)c2ccccc2C(F)(F)F)CCC1c1ccc(Cl)cc1. The molecule has 1 N–H and O–H groups in total. The van der Waals surface area contributed by atoms with Crippen LogP contribution >= 0.6 is 11.6 Å². The van der Waals surface area contributed by atoms with Gasteiger partial charge in [-0.1, -0.05) is 35.9 Å². The maximum atomic E-state index is 13.1. The molecule has 2 aromatic carbocycles. The summed E-state index contributed by atoms with van der Waals surface area (Å²) < 4.78 is 39.4. The van der Waals surface area contributed by atoms with Crippen LogP contribution in [0.4, 0.5) is 13.2 Å². The van der Waals surface area contributed by atoms with E-state index in [4.69, 9.17) is 11.6 Å². The van der Waals surface area contributed by atoms with E-state index in [9.17, 15) is 23.2 Å². The highest BCUT2D eigenvalue weighted by atomic mass is 35.5. The maximum Gasteiger partial charge on any atom is 0.417 e. The molecule has 0 heterocycles. The molecule has 0 spiro atoms. The number of nitriles is 1. The Morgan fingerprint density at radius 1 is 1.19 bits per heavy atom. The van der Waals surface area contributed by atoms with Crippen molar-refractivity contribution in [2.45, 2.75) is 30.5 Å². The summed E-state index contributed by atoms with van der Waals surface area (Å²) >= 11 is 5.87. The number of carbonyl (C=O) groups is 1. The third kappa shape index (κ3) is 3.27. The molecule has 1 amide bonds. The standard InChI is InChI=1S/C19H14ClF3N2O/c20-13-7-5-12(6-8-13)15-9-10-18(15,11-24)25-17(26)14-3-1-2-4-16(14)19(21,22)23/h1-8,15H,9-10H2,(H,25,26). The first-order valence-corrected chi connectivity index (χ1v) is 8.30. The summed E-state index contributed by atoms with van der Waals surface area (Å²) in [4.78, 5) is 12.5. The lowest BCUT2D eigenvalue weighted by Gasteiger charge is -2.45. The van der Waals surface area contributed by atoms with Crippen LogP contribution in [0.3, 0.4) is 0 Å². The van der Waals surface area contributed by atoms with Crippen molar-refractivity contribution in [1.82, 2.24) is 5.32 Å². The van der Waals surface area contributed by atoms with E-state index in [1.807, 2.05) is 0 Å². The Morgan fingerprint density at radius 3 is 2.38 bits per heavy atom. The third-order valence-corrected chi connectivity index (χ3v) is 4.96. The molecule has 0 radical (unpaired) electrons. The smallest absolute Gasteiger partial charge is 0.333 e. The number of amides is 1. The molecule has 1 fully saturated rings. The summed E-state index contributed by atoms with van der Waals surface area (Å²) in [6.45, 7) is 0. The van der Waals surface area contributed by atoms with Crippen molar-refractivity contribution in [1.29, 1.82) is 5.26 Å². The van der Waals surface area contributed by atoms with Crippen LogP contribution in [0.5, 0.6) is 0 Å². The number of benzene rings is 2. The second-order valence-corrected chi connectivity index (χ2v) is 6.66. The second-order valence-electron chi connectivity index (χ2n) is 6.22. The number of halogens is 4. The van der Waals surface area contributed by atoms with Crippen molar-refractivity contribution in [3.63, 3.8) is 0 Å². The highest BCUT2D eigenvalue weighted by Crippen LogP contribution is 2.46. The van der Waals surface area contributed by atoms with Gasteiger partial charge in [-0.2, -0.15) is 18.4 Å². The van der Waals surface area contributed by atoms with E-state index in [0.29, 0.717) is 17.9 Å². The molecule has 0 bridgehead atoms. The number of alkyl halides is 3. The molecule has 3 nitrogen and oxygen atoms in total. The number of hydrogen-bond donors (Lipinski definition) is 1. The molecule has 7 heteroatoms. The zero-order valence-corrected chi connectivity index (χ0v) is 14.2. The Kier molecular flexibility index (Phi) is 4.68. The summed E-state index contributed by atoms with van der Waals surface area (Å²) in [5, 5.41) is 12.7. The summed E-state index contributed by atoms with van der Waals surface area (Å²) in [5.74, 6) is -1.20. The molecule has 1 aliphatic carbocycles. The van der Waals surface area contributed by atoms with Crippen molar-refractivity contribution in [2.24, 2.45) is 0 Å². The van der Waals surface area contributed by atoms with E-state index in [-0.39, 0.29) is 5.92 Å². The van der Waals surface area contributed by atoms with Gasteiger partial charge >= 0.3 is 6.18 Å². The number of nitrogens with one attached hydrogen (secondary N) is 1. The zero-order chi connectivity index (χ0) is 18.9. The number of nitrogens with zero attached hydrogens (tertiary/aromatic N) is 1. The third-order valence-electron chi connectivity index (χ3n) is 4.71. The topological polar surface area (TPSA) is 52.9 Å². The summed E-state index contributed by atoms with van der Waals surface area (Å²) in [5.41, 5.74) is -1.93. The van der Waals surface area contributed by atoms with Crippen LogP contribution in [0.15, 0.2) is 48.5 Å². The Morgan fingerprint density at radius 2 is 1.85 bits per heavy atom. The molecule has 3 rings (SSSR count). The molecule has 2 unspecified atom stereocenters. The average molecular weight is 379 g/mol. The number of hydrogen-bond acceptors (Lipinski definition) is 2. The van der Waals surface area contributed by atoms with Crippen LogP contribution in [0, 0.1) is 11.3 Å². The van der Waals surface area contributed by atoms with Gasteiger partial charge in [-0.05, 0) is 42.7 Å². The minimum Gasteiger partial charge on any atom is -0.333 e. The van der Waals surface area contributed by atoms with Crippen molar-refractivity contribution in [2.75, 3.05) is 0 Å². The first-order valence-electron chi connectivity index (χ1n) is 7.92. The van der Waals surface area contributed by atoms with Crippen LogP contribution in [-0.4, -0.2) is 11.4 Å². The Hall–Kier alpha value is -2.52. The van der Waals surface area contributed by atoms with Crippen molar-refractivity contribution in [3.8, 4) is 6.07 Å². The lowest BCUT2D eigenvalue weighted by molar-refractivity contribution is -0.138. The summed E-state index contributed by atoms with van der Waals surface area (Å²) in [6, 6.07) is 13.5. The van der Waals surface area contributed by atoms with Crippen molar-refractivity contribution in [3.05, 3.63) is 70.2 Å². The highest BCUT2D eigenvalue weighted by molar-refractivity contribution is 6.30. The predicted molar refractivity (Wildman–Crippen MR) is 90.7 cm³/mol. The second kappa shape index (κ2) is 6.65. The van der Waals surface area contributed by atoms with Gasteiger partial charge in [0.05, 0.1) is 17.2 Å². The fourth-order valence-electron chi connectivity index (χ4n) is 3.23. The lowest BCUT2D eigenvalue weighted by atomic mass is 9.64. The maximum absolute atomic E-state index is 13.1. The molecule has 26 heavy (non-hydrogen) atoms. The fraction of sp³-hybridized carbons (Fsp3) is 0.263. The summed E-state index contributed by atoms with van der Waals surface area (Å²) in [6.07, 6.45) is -3.63. The fourth-order valence-corrected chi connectivity index (χ4v) is 3.36. The molecular formula is C19H14ClF3N2O. The first kappa shape index (κ1) is 18.3. The Labute approximate surface area is 153 Å². The minimum absolute atomic E-state index is 0.299. The minimum atomic E-state index is -4.65. The molecule has 1 aliphatic rings. The molecule has 2 atom stereocenters. The number of rotatable bonds is 3. The van der Waals surface area contributed by atoms with Gasteiger partial charge in [-0.3, -0.25) is 4.79 Å². The highest BCUT2D eigenvalue weighted by Gasteiger charge is 2.50. The van der Waals surface area contributed by atoms with E-state index in [0.717, 1.165) is 17.7 Å². The van der Waals surface area contributed by atoms with Crippen molar-refractivity contribution >= 4 is 17.5 Å². The van der Waals surface area contributed by atoms with Crippen LogP contribution in [0.2, 0.25) is 5.02 Å². The van der Waals surface area contributed by atoms with E-state index in [1.54, 1.807) is 24.3 Å². The molecule has 2 aromatic rings.